The molecule has 2 nitrogen and oxygen atoms in total. The summed E-state index contributed by atoms with van der Waals surface area (Å²) in [4.78, 5) is 14.3. The van der Waals surface area contributed by atoms with Crippen LogP contribution in [0.2, 0.25) is 0 Å². The molecular formula is C14H18ClNOS. The number of nitrogens with zero attached hydrogens (tertiary/aromatic N) is 1. The van der Waals surface area contributed by atoms with Crippen molar-refractivity contribution < 1.29 is 4.79 Å². The molecule has 0 bridgehead atoms. The molecule has 1 saturated heterocycles. The summed E-state index contributed by atoms with van der Waals surface area (Å²) in [5.74, 6) is 1.01. The molecule has 0 aliphatic carbocycles. The van der Waals surface area contributed by atoms with Crippen LogP contribution in [0.1, 0.15) is 24.8 Å². The van der Waals surface area contributed by atoms with Crippen LogP contribution >= 0.6 is 23.4 Å². The molecule has 0 saturated carbocycles. The fourth-order valence-corrected chi connectivity index (χ4v) is 3.52. The van der Waals surface area contributed by atoms with E-state index in [9.17, 15) is 4.79 Å². The highest BCUT2D eigenvalue weighted by Crippen LogP contribution is 2.32. The number of hydrogen-bond donors (Lipinski definition) is 0. The van der Waals surface area contributed by atoms with E-state index in [4.69, 9.17) is 11.6 Å². The van der Waals surface area contributed by atoms with E-state index in [1.807, 2.05) is 47.0 Å². The molecule has 1 heterocycles. The van der Waals surface area contributed by atoms with Gasteiger partial charge in [0.05, 0.1) is 0 Å². The zero-order chi connectivity index (χ0) is 13.2. The minimum atomic E-state index is -0.565. The standard InChI is InChI=1S/C14H18ClNOS/c1-14(2)10-16(8-9-18-14)13(17)12(15)11-6-4-3-5-7-11/h3-7,12H,8-10H2,1-2H3. The van der Waals surface area contributed by atoms with Crippen molar-refractivity contribution in [1.82, 2.24) is 4.90 Å². The minimum absolute atomic E-state index is 0.0243. The number of carbonyl (C=O) groups excluding carboxylic acids is 1. The van der Waals surface area contributed by atoms with Gasteiger partial charge in [0.25, 0.3) is 0 Å². The molecule has 1 unspecified atom stereocenters. The molecule has 0 aromatic heterocycles. The van der Waals surface area contributed by atoms with Crippen molar-refractivity contribution in [2.45, 2.75) is 24.0 Å². The maximum absolute atomic E-state index is 12.4. The Morgan fingerprint density at radius 2 is 2.06 bits per heavy atom. The molecule has 0 N–H and O–H groups in total. The number of benzene rings is 1. The highest BCUT2D eigenvalue weighted by molar-refractivity contribution is 8.00. The lowest BCUT2D eigenvalue weighted by Gasteiger charge is -2.38. The van der Waals surface area contributed by atoms with Gasteiger partial charge < -0.3 is 4.90 Å². The lowest BCUT2D eigenvalue weighted by atomic mass is 10.1. The number of carbonyl (C=O) groups is 1. The van der Waals surface area contributed by atoms with Crippen molar-refractivity contribution in [2.75, 3.05) is 18.8 Å². The zero-order valence-electron chi connectivity index (χ0n) is 10.7. The van der Waals surface area contributed by atoms with Crippen LogP contribution in [0.3, 0.4) is 0 Å². The third-order valence-electron chi connectivity index (χ3n) is 3.05. The largest absolute Gasteiger partial charge is 0.339 e. The van der Waals surface area contributed by atoms with Crippen molar-refractivity contribution in [3.63, 3.8) is 0 Å². The first-order valence-corrected chi connectivity index (χ1v) is 7.53. The lowest BCUT2D eigenvalue weighted by Crippen LogP contribution is -2.47. The van der Waals surface area contributed by atoms with E-state index in [2.05, 4.69) is 13.8 Å². The van der Waals surface area contributed by atoms with Crippen LogP contribution in [0.25, 0.3) is 0 Å². The number of thioether (sulfide) groups is 1. The van der Waals surface area contributed by atoms with E-state index in [0.717, 1.165) is 24.4 Å². The Morgan fingerprint density at radius 1 is 1.39 bits per heavy atom. The SMILES string of the molecule is CC1(C)CN(C(=O)C(Cl)c2ccccc2)CCS1. The molecule has 0 spiro atoms. The third kappa shape index (κ3) is 3.21. The maximum atomic E-state index is 12.4. The van der Waals surface area contributed by atoms with Gasteiger partial charge in [-0.15, -0.1) is 11.6 Å². The van der Waals surface area contributed by atoms with Crippen LogP contribution in [0.5, 0.6) is 0 Å². The first kappa shape index (κ1) is 13.8. The van der Waals surface area contributed by atoms with E-state index >= 15 is 0 Å². The molecule has 1 aliphatic rings. The number of rotatable bonds is 2. The summed E-state index contributed by atoms with van der Waals surface area (Å²) < 4.78 is 0.126. The summed E-state index contributed by atoms with van der Waals surface area (Å²) in [7, 11) is 0. The van der Waals surface area contributed by atoms with Crippen LogP contribution in [0.4, 0.5) is 0 Å². The first-order valence-electron chi connectivity index (χ1n) is 6.11. The lowest BCUT2D eigenvalue weighted by molar-refractivity contribution is -0.131. The van der Waals surface area contributed by atoms with Gasteiger partial charge in [-0.1, -0.05) is 30.3 Å². The Bertz CT molecular complexity index is 421. The molecule has 0 radical (unpaired) electrons. The van der Waals surface area contributed by atoms with Crippen molar-refractivity contribution in [3.8, 4) is 0 Å². The Kier molecular flexibility index (Phi) is 4.23. The Morgan fingerprint density at radius 3 is 2.67 bits per heavy atom. The fourth-order valence-electron chi connectivity index (χ4n) is 2.13. The summed E-state index contributed by atoms with van der Waals surface area (Å²) in [6.45, 7) is 5.90. The van der Waals surface area contributed by atoms with E-state index < -0.39 is 5.38 Å². The fraction of sp³-hybridized carbons (Fsp3) is 0.500. The summed E-state index contributed by atoms with van der Waals surface area (Å²) >= 11 is 8.20. The van der Waals surface area contributed by atoms with E-state index in [1.54, 1.807) is 0 Å². The first-order chi connectivity index (χ1) is 8.49. The summed E-state index contributed by atoms with van der Waals surface area (Å²) in [6, 6.07) is 9.55. The molecule has 1 aliphatic heterocycles. The molecule has 1 aromatic rings. The second kappa shape index (κ2) is 5.54. The summed E-state index contributed by atoms with van der Waals surface area (Å²) in [5, 5.41) is -0.565. The molecule has 4 heteroatoms. The topological polar surface area (TPSA) is 20.3 Å². The van der Waals surface area contributed by atoms with Gasteiger partial charge >= 0.3 is 0 Å². The van der Waals surface area contributed by atoms with Crippen LogP contribution in [-0.2, 0) is 4.79 Å². The predicted molar refractivity (Wildman–Crippen MR) is 78.2 cm³/mol. The van der Waals surface area contributed by atoms with Crippen LogP contribution < -0.4 is 0 Å². The van der Waals surface area contributed by atoms with Crippen molar-refractivity contribution >= 4 is 29.3 Å². The maximum Gasteiger partial charge on any atom is 0.245 e. The van der Waals surface area contributed by atoms with E-state index in [0.29, 0.717) is 0 Å². The van der Waals surface area contributed by atoms with Gasteiger partial charge in [-0.3, -0.25) is 4.79 Å². The quantitative estimate of drug-likeness (QED) is 0.776. The molecule has 1 fully saturated rings. The average molecular weight is 284 g/mol. The van der Waals surface area contributed by atoms with Gasteiger partial charge in [-0.05, 0) is 19.4 Å². The summed E-state index contributed by atoms with van der Waals surface area (Å²) in [6.07, 6.45) is 0. The highest BCUT2D eigenvalue weighted by Gasteiger charge is 2.32. The molecule has 1 amide bonds. The molecule has 18 heavy (non-hydrogen) atoms. The highest BCUT2D eigenvalue weighted by atomic mass is 35.5. The van der Waals surface area contributed by atoms with Gasteiger partial charge in [0.15, 0.2) is 0 Å². The van der Waals surface area contributed by atoms with Gasteiger partial charge in [-0.2, -0.15) is 11.8 Å². The van der Waals surface area contributed by atoms with Crippen molar-refractivity contribution in [3.05, 3.63) is 35.9 Å². The smallest absolute Gasteiger partial charge is 0.245 e. The summed E-state index contributed by atoms with van der Waals surface area (Å²) in [5.41, 5.74) is 0.875. The molecule has 1 atom stereocenters. The van der Waals surface area contributed by atoms with Crippen molar-refractivity contribution in [1.29, 1.82) is 0 Å². The number of halogens is 1. The van der Waals surface area contributed by atoms with Crippen LogP contribution in [0.15, 0.2) is 30.3 Å². The second-order valence-electron chi connectivity index (χ2n) is 5.14. The average Bonchev–Trinajstić information content (AvgIpc) is 2.37. The van der Waals surface area contributed by atoms with Gasteiger partial charge in [0.2, 0.25) is 5.91 Å². The molecular weight excluding hydrogens is 266 g/mol. The van der Waals surface area contributed by atoms with E-state index in [-0.39, 0.29) is 10.7 Å². The normalized spacial score (nSPS) is 20.5. The minimum Gasteiger partial charge on any atom is -0.339 e. The van der Waals surface area contributed by atoms with Gasteiger partial charge in [-0.25, -0.2) is 0 Å². The number of amides is 1. The predicted octanol–water partition coefficient (Wildman–Crippen LogP) is 3.32. The molecule has 2 rings (SSSR count). The monoisotopic (exact) mass is 283 g/mol. The Labute approximate surface area is 118 Å². The van der Waals surface area contributed by atoms with Crippen LogP contribution in [-0.4, -0.2) is 34.4 Å². The molecule has 98 valence electrons. The molecule has 1 aromatic carbocycles. The third-order valence-corrected chi connectivity index (χ3v) is 4.78. The van der Waals surface area contributed by atoms with Gasteiger partial charge in [0, 0.05) is 23.6 Å². The Hall–Kier alpha value is -0.670. The number of hydrogen-bond acceptors (Lipinski definition) is 2. The zero-order valence-corrected chi connectivity index (χ0v) is 12.3. The Balaban J connectivity index is 2.07. The van der Waals surface area contributed by atoms with Crippen LogP contribution in [0, 0.1) is 0 Å². The second-order valence-corrected chi connectivity index (χ2v) is 7.38. The van der Waals surface area contributed by atoms with E-state index in [1.165, 1.54) is 0 Å². The van der Waals surface area contributed by atoms with Crippen molar-refractivity contribution in [2.24, 2.45) is 0 Å². The number of alkyl halides is 1. The van der Waals surface area contributed by atoms with Gasteiger partial charge in [0.1, 0.15) is 5.38 Å².